The summed E-state index contributed by atoms with van der Waals surface area (Å²) in [6.45, 7) is 3.92. The van der Waals surface area contributed by atoms with Crippen LogP contribution in [0.25, 0.3) is 0 Å². The molecule has 1 saturated carbocycles. The molecule has 2 atom stereocenters. The number of piperidine rings is 1. The fourth-order valence-electron chi connectivity index (χ4n) is 4.97. The number of nitrogens with zero attached hydrogens (tertiary/aromatic N) is 3. The Bertz CT molecular complexity index is 847. The minimum atomic E-state index is -0.0779. The average Bonchev–Trinajstić information content (AvgIpc) is 3.36. The lowest BCUT2D eigenvalue weighted by atomic mass is 9.74. The van der Waals surface area contributed by atoms with Gasteiger partial charge in [-0.15, -0.1) is 0 Å². The number of amides is 2. The maximum absolute atomic E-state index is 12.7. The standard InChI is InChI=1S/C22H28N4O2/c1-2-26-18(11-14-24-26)21(28)23-16-22-12-6-9-19(22)25(20(27)10-13-22)15-17-7-4-3-5-8-17/h3-5,7-8,11,14,19H,2,6,9-10,12-13,15-16H2,1H3,(H,23,28)/t19-,22+/m1/s1. The van der Waals surface area contributed by atoms with E-state index in [1.165, 1.54) is 0 Å². The molecule has 0 radical (unpaired) electrons. The normalized spacial score (nSPS) is 24.2. The Balaban J connectivity index is 1.49. The smallest absolute Gasteiger partial charge is 0.269 e. The lowest BCUT2D eigenvalue weighted by Gasteiger charge is -2.46. The molecule has 6 heteroatoms. The summed E-state index contributed by atoms with van der Waals surface area (Å²) in [6, 6.07) is 12.1. The zero-order chi connectivity index (χ0) is 19.6. The van der Waals surface area contributed by atoms with Gasteiger partial charge in [-0.25, -0.2) is 0 Å². The van der Waals surface area contributed by atoms with Gasteiger partial charge < -0.3 is 10.2 Å². The highest BCUT2D eigenvalue weighted by molar-refractivity contribution is 5.92. The summed E-state index contributed by atoms with van der Waals surface area (Å²) in [4.78, 5) is 27.5. The van der Waals surface area contributed by atoms with E-state index in [-0.39, 0.29) is 23.3 Å². The highest BCUT2D eigenvalue weighted by Gasteiger charge is 2.50. The number of carbonyl (C=O) groups excluding carboxylic acids is 2. The number of benzene rings is 1. The first kappa shape index (κ1) is 18.7. The van der Waals surface area contributed by atoms with Crippen LogP contribution in [-0.4, -0.2) is 39.1 Å². The first-order valence-corrected chi connectivity index (χ1v) is 10.3. The van der Waals surface area contributed by atoms with Crippen LogP contribution in [0.1, 0.15) is 55.1 Å². The van der Waals surface area contributed by atoms with E-state index in [4.69, 9.17) is 0 Å². The van der Waals surface area contributed by atoms with Crippen molar-refractivity contribution in [2.75, 3.05) is 6.54 Å². The zero-order valence-corrected chi connectivity index (χ0v) is 16.4. The average molecular weight is 380 g/mol. The summed E-state index contributed by atoms with van der Waals surface area (Å²) in [5.41, 5.74) is 1.74. The summed E-state index contributed by atoms with van der Waals surface area (Å²) in [6.07, 6.45) is 6.26. The molecule has 1 aliphatic heterocycles. The zero-order valence-electron chi connectivity index (χ0n) is 16.4. The van der Waals surface area contributed by atoms with Gasteiger partial charge in [0.1, 0.15) is 5.69 Å². The number of carbonyl (C=O) groups is 2. The van der Waals surface area contributed by atoms with E-state index in [9.17, 15) is 9.59 Å². The van der Waals surface area contributed by atoms with Gasteiger partial charge in [0.15, 0.2) is 0 Å². The molecule has 6 nitrogen and oxygen atoms in total. The summed E-state index contributed by atoms with van der Waals surface area (Å²) >= 11 is 0. The molecule has 1 aromatic heterocycles. The molecule has 2 amide bonds. The second-order valence-electron chi connectivity index (χ2n) is 7.99. The molecule has 1 saturated heterocycles. The van der Waals surface area contributed by atoms with Crippen molar-refractivity contribution >= 4 is 11.8 Å². The second kappa shape index (κ2) is 7.78. The van der Waals surface area contributed by atoms with Crippen LogP contribution in [-0.2, 0) is 17.9 Å². The van der Waals surface area contributed by atoms with Crippen LogP contribution in [0.3, 0.4) is 0 Å². The van der Waals surface area contributed by atoms with Gasteiger partial charge in [0.05, 0.1) is 0 Å². The van der Waals surface area contributed by atoms with Crippen LogP contribution in [0, 0.1) is 5.41 Å². The third kappa shape index (κ3) is 3.43. The highest BCUT2D eigenvalue weighted by Crippen LogP contribution is 2.48. The largest absolute Gasteiger partial charge is 0.350 e. The van der Waals surface area contributed by atoms with Crippen molar-refractivity contribution in [2.45, 2.75) is 58.2 Å². The monoisotopic (exact) mass is 380 g/mol. The molecule has 2 heterocycles. The second-order valence-corrected chi connectivity index (χ2v) is 7.99. The van der Waals surface area contributed by atoms with E-state index in [0.29, 0.717) is 31.7 Å². The number of hydrogen-bond acceptors (Lipinski definition) is 3. The molecule has 0 unspecified atom stereocenters. The lowest BCUT2D eigenvalue weighted by molar-refractivity contribution is -0.142. The van der Waals surface area contributed by atoms with Gasteiger partial charge in [-0.05, 0) is 37.8 Å². The Hall–Kier alpha value is -2.63. The fourth-order valence-corrected chi connectivity index (χ4v) is 4.97. The molecule has 4 rings (SSSR count). The molecule has 1 aliphatic carbocycles. The number of fused-ring (bicyclic) bond motifs is 1. The number of nitrogens with one attached hydrogen (secondary N) is 1. The predicted octanol–water partition coefficient (Wildman–Crippen LogP) is 2.99. The van der Waals surface area contributed by atoms with E-state index >= 15 is 0 Å². The van der Waals surface area contributed by atoms with Crippen molar-refractivity contribution in [1.82, 2.24) is 20.0 Å². The van der Waals surface area contributed by atoms with Gasteiger partial charge in [-0.2, -0.15) is 5.10 Å². The Kier molecular flexibility index (Phi) is 5.20. The Morgan fingerprint density at radius 3 is 2.86 bits per heavy atom. The third-order valence-electron chi connectivity index (χ3n) is 6.44. The van der Waals surface area contributed by atoms with E-state index < -0.39 is 0 Å². The quantitative estimate of drug-likeness (QED) is 0.838. The van der Waals surface area contributed by atoms with Crippen LogP contribution in [0.5, 0.6) is 0 Å². The number of rotatable bonds is 6. The molecule has 0 spiro atoms. The summed E-state index contributed by atoms with van der Waals surface area (Å²) < 4.78 is 1.71. The molecular formula is C22H28N4O2. The minimum absolute atomic E-state index is 0.0184. The number of likely N-dealkylation sites (tertiary alicyclic amines) is 1. The molecule has 2 aliphatic rings. The van der Waals surface area contributed by atoms with Crippen molar-refractivity contribution in [3.63, 3.8) is 0 Å². The minimum Gasteiger partial charge on any atom is -0.350 e. The van der Waals surface area contributed by atoms with Gasteiger partial charge in [-0.1, -0.05) is 36.8 Å². The van der Waals surface area contributed by atoms with Crippen LogP contribution < -0.4 is 5.32 Å². The molecule has 1 N–H and O–H groups in total. The van der Waals surface area contributed by atoms with Gasteiger partial charge in [-0.3, -0.25) is 14.3 Å². The number of aryl methyl sites for hydroxylation is 1. The first-order chi connectivity index (χ1) is 13.6. The van der Waals surface area contributed by atoms with Crippen LogP contribution >= 0.6 is 0 Å². The Labute approximate surface area is 165 Å². The Morgan fingerprint density at radius 1 is 1.25 bits per heavy atom. The maximum atomic E-state index is 12.7. The molecule has 28 heavy (non-hydrogen) atoms. The third-order valence-corrected chi connectivity index (χ3v) is 6.44. The first-order valence-electron chi connectivity index (χ1n) is 10.3. The molecule has 2 fully saturated rings. The van der Waals surface area contributed by atoms with Gasteiger partial charge in [0, 0.05) is 43.7 Å². The number of hydrogen-bond donors (Lipinski definition) is 1. The van der Waals surface area contributed by atoms with Crippen molar-refractivity contribution in [2.24, 2.45) is 5.41 Å². The van der Waals surface area contributed by atoms with Gasteiger partial charge in [0.25, 0.3) is 5.91 Å². The molecule has 1 aromatic carbocycles. The predicted molar refractivity (Wildman–Crippen MR) is 107 cm³/mol. The van der Waals surface area contributed by atoms with Crippen molar-refractivity contribution in [1.29, 1.82) is 0 Å². The van der Waals surface area contributed by atoms with Crippen LogP contribution in [0.15, 0.2) is 42.6 Å². The van der Waals surface area contributed by atoms with Crippen molar-refractivity contribution in [3.05, 3.63) is 53.9 Å². The summed E-state index contributed by atoms with van der Waals surface area (Å²) in [5, 5.41) is 7.34. The summed E-state index contributed by atoms with van der Waals surface area (Å²) in [5.74, 6) is 0.160. The number of aromatic nitrogens is 2. The van der Waals surface area contributed by atoms with Crippen LogP contribution in [0.2, 0.25) is 0 Å². The van der Waals surface area contributed by atoms with Gasteiger partial charge >= 0.3 is 0 Å². The Morgan fingerprint density at radius 2 is 2.07 bits per heavy atom. The van der Waals surface area contributed by atoms with Gasteiger partial charge in [0.2, 0.25) is 5.91 Å². The van der Waals surface area contributed by atoms with Crippen molar-refractivity contribution < 1.29 is 9.59 Å². The van der Waals surface area contributed by atoms with Crippen molar-refractivity contribution in [3.8, 4) is 0 Å². The SMILES string of the molecule is CCn1nccc1C(=O)NC[C@@]12CCC[C@H]1N(Cc1ccccc1)C(=O)CC2. The van der Waals surface area contributed by atoms with E-state index in [0.717, 1.165) is 31.2 Å². The molecular weight excluding hydrogens is 352 g/mol. The fraction of sp³-hybridized carbons (Fsp3) is 0.500. The van der Waals surface area contributed by atoms with E-state index in [1.807, 2.05) is 25.1 Å². The molecule has 2 aromatic rings. The maximum Gasteiger partial charge on any atom is 0.269 e. The van der Waals surface area contributed by atoms with Crippen LogP contribution in [0.4, 0.5) is 0 Å². The molecule has 0 bridgehead atoms. The van der Waals surface area contributed by atoms with E-state index in [2.05, 4.69) is 27.4 Å². The topological polar surface area (TPSA) is 67.2 Å². The summed E-state index contributed by atoms with van der Waals surface area (Å²) in [7, 11) is 0. The van der Waals surface area contributed by atoms with E-state index in [1.54, 1.807) is 16.9 Å². The molecule has 148 valence electrons. The lowest BCUT2D eigenvalue weighted by Crippen LogP contribution is -2.55. The highest BCUT2D eigenvalue weighted by atomic mass is 16.2.